The van der Waals surface area contributed by atoms with Crippen LogP contribution in [0, 0.1) is 0 Å². The molecule has 62 heavy (non-hydrogen) atoms. The topological polar surface area (TPSA) is 101 Å². The van der Waals surface area contributed by atoms with Crippen LogP contribution in [0.15, 0.2) is 145 Å². The third-order valence-electron chi connectivity index (χ3n) is 9.73. The van der Waals surface area contributed by atoms with Crippen molar-refractivity contribution in [3.63, 3.8) is 0 Å². The molecule has 14 heteroatoms. The molecule has 0 saturated carbocycles. The molecule has 0 saturated heterocycles. The Labute approximate surface area is 355 Å². The molecule has 0 aromatic heterocycles. The Balaban J connectivity index is 0.000000197. The molecule has 0 fully saturated rings. The van der Waals surface area contributed by atoms with Crippen LogP contribution < -0.4 is 16.0 Å². The molecular weight excluding hydrogens is 811 g/mol. The fraction of sp³-hybridized carbons (Fsp3) is 0.229. The first-order valence-electron chi connectivity index (χ1n) is 19.8. The molecule has 3 N–H and O–H groups in total. The van der Waals surface area contributed by atoms with Crippen molar-refractivity contribution in [1.29, 1.82) is 0 Å². The second kappa shape index (κ2) is 21.6. The summed E-state index contributed by atoms with van der Waals surface area (Å²) in [7, 11) is 0. The van der Waals surface area contributed by atoms with Gasteiger partial charge in [-0.15, -0.1) is 0 Å². The number of nitrogens with one attached hydrogen (secondary N) is 3. The Hall–Kier alpha value is -6.83. The summed E-state index contributed by atoms with van der Waals surface area (Å²) < 4.78 is 86.5. The third kappa shape index (κ3) is 13.1. The van der Waals surface area contributed by atoms with E-state index in [2.05, 4.69) is 27.5 Å². The van der Waals surface area contributed by atoms with Gasteiger partial charge >= 0.3 is 24.5 Å². The highest BCUT2D eigenvalue weighted by molar-refractivity contribution is 5.86. The summed E-state index contributed by atoms with van der Waals surface area (Å²) in [5.41, 5.74) is 2.03. The van der Waals surface area contributed by atoms with Gasteiger partial charge in [0, 0.05) is 17.9 Å². The number of carbonyl (C=O) groups excluding carboxylic acids is 2. The summed E-state index contributed by atoms with van der Waals surface area (Å²) in [6.07, 6.45) is -4.89. The number of halogens is 6. The van der Waals surface area contributed by atoms with Gasteiger partial charge < -0.3 is 20.1 Å². The van der Waals surface area contributed by atoms with Crippen LogP contribution in [0.25, 0.3) is 21.5 Å². The fourth-order valence-corrected chi connectivity index (χ4v) is 6.62. The molecule has 6 aromatic rings. The number of hydrogen-bond acceptors (Lipinski definition) is 6. The van der Waals surface area contributed by atoms with Crippen LogP contribution in [0.2, 0.25) is 0 Å². The van der Waals surface area contributed by atoms with Crippen LogP contribution in [0.4, 0.5) is 47.3 Å². The zero-order chi connectivity index (χ0) is 44.7. The number of fused-ring (bicyclic) bond motifs is 3. The van der Waals surface area contributed by atoms with Crippen LogP contribution in [0.3, 0.4) is 0 Å². The van der Waals surface area contributed by atoms with Crippen LogP contribution in [0.5, 0.6) is 0 Å². The molecule has 1 heterocycles. The van der Waals surface area contributed by atoms with Gasteiger partial charge in [0.2, 0.25) is 0 Å². The smallest absolute Gasteiger partial charge is 0.416 e. The molecule has 2 amide bonds. The largest absolute Gasteiger partial charge is 0.445 e. The third-order valence-corrected chi connectivity index (χ3v) is 9.73. The average molecular weight is 857 g/mol. The molecular formula is C48H46F6N4O4. The Morgan fingerprint density at radius 2 is 1.26 bits per heavy atom. The lowest BCUT2D eigenvalue weighted by Gasteiger charge is -2.33. The van der Waals surface area contributed by atoms with E-state index in [1.165, 1.54) is 24.4 Å². The lowest BCUT2D eigenvalue weighted by Crippen LogP contribution is -2.37. The van der Waals surface area contributed by atoms with E-state index < -0.39 is 41.7 Å². The molecule has 324 valence electrons. The molecule has 0 bridgehead atoms. The SMILES string of the molecule is C=CNC(=O)OCc1cccc2ccccc12.CCC=Nc1ccc(C(F)(F)F)cc1.CC[C@@H]1C[C@H](NC(=O)OCc2cccc3ccccc23)c2cc(C(F)(F)F)ccc2N1. The van der Waals surface area contributed by atoms with E-state index >= 15 is 0 Å². The van der Waals surface area contributed by atoms with Gasteiger partial charge in [0.05, 0.1) is 22.9 Å². The molecule has 0 spiro atoms. The van der Waals surface area contributed by atoms with E-state index in [1.54, 1.807) is 6.21 Å². The molecule has 1 aliphatic rings. The number of benzene rings is 6. The summed E-state index contributed by atoms with van der Waals surface area (Å²) >= 11 is 0. The minimum Gasteiger partial charge on any atom is -0.445 e. The number of rotatable bonds is 9. The van der Waals surface area contributed by atoms with Crippen molar-refractivity contribution in [2.45, 2.75) is 70.8 Å². The van der Waals surface area contributed by atoms with E-state index in [1.807, 2.05) is 98.8 Å². The summed E-state index contributed by atoms with van der Waals surface area (Å²) in [4.78, 5) is 27.6. The number of ether oxygens (including phenoxy) is 2. The molecule has 2 atom stereocenters. The predicted octanol–water partition coefficient (Wildman–Crippen LogP) is 13.4. The maximum absolute atomic E-state index is 13.2. The van der Waals surface area contributed by atoms with Gasteiger partial charge in [0.25, 0.3) is 0 Å². The van der Waals surface area contributed by atoms with Gasteiger partial charge in [-0.3, -0.25) is 10.3 Å². The van der Waals surface area contributed by atoms with Gasteiger partial charge in [0.15, 0.2) is 0 Å². The molecule has 0 radical (unpaired) electrons. The highest BCUT2D eigenvalue weighted by Gasteiger charge is 2.34. The monoisotopic (exact) mass is 856 g/mol. The molecule has 0 aliphatic carbocycles. The maximum atomic E-state index is 13.2. The summed E-state index contributed by atoms with van der Waals surface area (Å²) in [5.74, 6) is 0. The Kier molecular flexibility index (Phi) is 16.1. The van der Waals surface area contributed by atoms with Crippen molar-refractivity contribution >= 4 is 51.3 Å². The van der Waals surface area contributed by atoms with Crippen LogP contribution in [0.1, 0.15) is 67.0 Å². The Morgan fingerprint density at radius 3 is 1.79 bits per heavy atom. The average Bonchev–Trinajstić information content (AvgIpc) is 3.26. The second-order valence-electron chi connectivity index (χ2n) is 14.0. The molecule has 6 aromatic carbocycles. The van der Waals surface area contributed by atoms with Gasteiger partial charge in [-0.2, -0.15) is 26.3 Å². The van der Waals surface area contributed by atoms with Crippen molar-refractivity contribution in [3.05, 3.63) is 168 Å². The maximum Gasteiger partial charge on any atom is 0.416 e. The number of amides is 2. The van der Waals surface area contributed by atoms with E-state index in [9.17, 15) is 35.9 Å². The normalized spacial score (nSPS) is 14.6. The number of anilines is 1. The second-order valence-corrected chi connectivity index (χ2v) is 14.0. The van der Waals surface area contributed by atoms with Crippen LogP contribution in [-0.2, 0) is 35.0 Å². The highest BCUT2D eigenvalue weighted by Crippen LogP contribution is 2.39. The van der Waals surface area contributed by atoms with Gasteiger partial charge in [-0.05, 0) is 106 Å². The standard InChI is InChI=1S/C24H23F3N2O2.C14H13NO2.C10H10F3N/c1-2-18-13-22(20-12-17(24(25,26)27)10-11-21(20)28-18)29-23(30)31-14-16-8-5-7-15-6-3-4-9-19(15)16;1-2-15-14(16)17-10-12-8-5-7-11-6-3-4-9-13(11)12;1-2-7-14-9-5-3-8(4-6-9)10(11,12)13/h3-12,18,22,28H,2,13-14H2,1H3,(H,29,30);2-9H,1,10H2,(H,15,16);3-7H,2H2,1H3/t18-,22+;;/m1../s1. The molecule has 7 rings (SSSR count). The minimum atomic E-state index is -4.45. The van der Waals surface area contributed by atoms with Crippen LogP contribution in [-0.4, -0.2) is 24.4 Å². The summed E-state index contributed by atoms with van der Waals surface area (Å²) in [6, 6.07) is 35.3. The summed E-state index contributed by atoms with van der Waals surface area (Å²) in [6.45, 7) is 7.62. The van der Waals surface area contributed by atoms with Crippen LogP contribution >= 0.6 is 0 Å². The number of hydrogen-bond donors (Lipinski definition) is 3. The zero-order valence-corrected chi connectivity index (χ0v) is 34.0. The first-order chi connectivity index (χ1) is 29.7. The quantitative estimate of drug-likeness (QED) is 0.0993. The fourth-order valence-electron chi connectivity index (χ4n) is 6.62. The van der Waals surface area contributed by atoms with Gasteiger partial charge in [-0.1, -0.05) is 105 Å². The number of alkyl carbamates (subject to hydrolysis) is 2. The number of aliphatic imine (C=N–C) groups is 1. The lowest BCUT2D eigenvalue weighted by atomic mass is 9.90. The number of nitrogens with zero attached hydrogens (tertiary/aromatic N) is 1. The van der Waals surface area contributed by atoms with Crippen molar-refractivity contribution in [3.8, 4) is 0 Å². The zero-order valence-electron chi connectivity index (χ0n) is 34.0. The first kappa shape index (κ1) is 46.2. The van der Waals surface area contributed by atoms with E-state index in [-0.39, 0.29) is 19.3 Å². The minimum absolute atomic E-state index is 0.0487. The van der Waals surface area contributed by atoms with Gasteiger partial charge in [-0.25, -0.2) is 9.59 Å². The highest BCUT2D eigenvalue weighted by atomic mass is 19.4. The van der Waals surface area contributed by atoms with Crippen molar-refractivity contribution < 1.29 is 45.4 Å². The van der Waals surface area contributed by atoms with Gasteiger partial charge in [0.1, 0.15) is 13.2 Å². The first-order valence-corrected chi connectivity index (χ1v) is 19.8. The Bertz CT molecular complexity index is 2460. The van der Waals surface area contributed by atoms with Crippen molar-refractivity contribution in [2.24, 2.45) is 4.99 Å². The number of carbonyl (C=O) groups is 2. The predicted molar refractivity (Wildman–Crippen MR) is 231 cm³/mol. The van der Waals surface area contributed by atoms with E-state index in [0.29, 0.717) is 23.4 Å². The van der Waals surface area contributed by atoms with E-state index in [4.69, 9.17) is 9.47 Å². The Morgan fingerprint density at radius 1 is 0.726 bits per heavy atom. The van der Waals surface area contributed by atoms with Crippen molar-refractivity contribution in [2.75, 3.05) is 5.32 Å². The summed E-state index contributed by atoms with van der Waals surface area (Å²) in [5, 5.41) is 12.7. The molecule has 0 unspecified atom stereocenters. The molecule has 8 nitrogen and oxygen atoms in total. The lowest BCUT2D eigenvalue weighted by molar-refractivity contribution is -0.138. The number of alkyl halides is 6. The molecule has 1 aliphatic heterocycles. The van der Waals surface area contributed by atoms with Crippen molar-refractivity contribution in [1.82, 2.24) is 10.6 Å². The van der Waals surface area contributed by atoms with E-state index in [0.717, 1.165) is 69.8 Å².